The first-order valence-corrected chi connectivity index (χ1v) is 7.15. The summed E-state index contributed by atoms with van der Waals surface area (Å²) in [5.41, 5.74) is 9.18. The molecule has 1 aromatic carbocycles. The van der Waals surface area contributed by atoms with Gasteiger partial charge in [-0.2, -0.15) is 0 Å². The summed E-state index contributed by atoms with van der Waals surface area (Å²) in [5, 5.41) is 3.00. The van der Waals surface area contributed by atoms with Crippen molar-refractivity contribution in [3.8, 4) is 0 Å². The number of carbonyl (C=O) groups is 1. The lowest BCUT2D eigenvalue weighted by Gasteiger charge is -2.32. The normalized spacial score (nSPS) is 18.1. The van der Waals surface area contributed by atoms with Crippen molar-refractivity contribution < 1.29 is 4.79 Å². The predicted octanol–water partition coefficient (Wildman–Crippen LogP) is 3.29. The van der Waals surface area contributed by atoms with Gasteiger partial charge in [-0.25, -0.2) is 0 Å². The van der Waals surface area contributed by atoms with Gasteiger partial charge >= 0.3 is 0 Å². The standard InChI is InChI=1S/C16H24N2O/c1-12-6-7-13(2)14(10-12)18-15(19)11-16(17)8-4-3-5-9-16/h6-7,10H,3-5,8-9,11,17H2,1-2H3,(H,18,19). The van der Waals surface area contributed by atoms with E-state index in [9.17, 15) is 4.79 Å². The molecule has 0 heterocycles. The van der Waals surface area contributed by atoms with Crippen LogP contribution in [0.15, 0.2) is 18.2 Å². The molecular weight excluding hydrogens is 236 g/mol. The molecule has 0 radical (unpaired) electrons. The Balaban J connectivity index is 1.99. The Morgan fingerprint density at radius 1 is 1.26 bits per heavy atom. The number of hydrogen-bond acceptors (Lipinski definition) is 2. The van der Waals surface area contributed by atoms with Gasteiger partial charge in [0.2, 0.25) is 5.91 Å². The van der Waals surface area contributed by atoms with Crippen molar-refractivity contribution >= 4 is 11.6 Å². The number of aryl methyl sites for hydroxylation is 2. The van der Waals surface area contributed by atoms with Crippen LogP contribution in [0.2, 0.25) is 0 Å². The van der Waals surface area contributed by atoms with Crippen LogP contribution in [0.25, 0.3) is 0 Å². The molecule has 0 saturated heterocycles. The molecule has 19 heavy (non-hydrogen) atoms. The minimum Gasteiger partial charge on any atom is -0.326 e. The first-order valence-electron chi connectivity index (χ1n) is 7.15. The van der Waals surface area contributed by atoms with Gasteiger partial charge < -0.3 is 11.1 Å². The van der Waals surface area contributed by atoms with Crippen molar-refractivity contribution in [3.63, 3.8) is 0 Å². The first kappa shape index (κ1) is 14.1. The summed E-state index contributed by atoms with van der Waals surface area (Å²) < 4.78 is 0. The Hall–Kier alpha value is -1.35. The molecule has 1 fully saturated rings. The Bertz CT molecular complexity index is 462. The smallest absolute Gasteiger partial charge is 0.226 e. The number of amides is 1. The highest BCUT2D eigenvalue weighted by Gasteiger charge is 2.30. The first-order chi connectivity index (χ1) is 8.98. The maximum atomic E-state index is 12.2. The van der Waals surface area contributed by atoms with E-state index in [1.807, 2.05) is 26.0 Å². The molecule has 0 aliphatic heterocycles. The number of hydrogen-bond donors (Lipinski definition) is 2. The highest BCUT2D eigenvalue weighted by atomic mass is 16.1. The van der Waals surface area contributed by atoms with Crippen LogP contribution in [0.1, 0.15) is 49.7 Å². The third kappa shape index (κ3) is 3.80. The van der Waals surface area contributed by atoms with Crippen molar-refractivity contribution in [2.24, 2.45) is 5.73 Å². The van der Waals surface area contributed by atoms with E-state index in [4.69, 9.17) is 5.73 Å². The van der Waals surface area contributed by atoms with Gasteiger partial charge in [0.25, 0.3) is 0 Å². The molecule has 0 aromatic heterocycles. The van der Waals surface area contributed by atoms with Crippen molar-refractivity contribution in [1.82, 2.24) is 0 Å². The van der Waals surface area contributed by atoms with Gasteiger partial charge in [-0.1, -0.05) is 31.4 Å². The Morgan fingerprint density at radius 2 is 1.95 bits per heavy atom. The number of benzene rings is 1. The van der Waals surface area contributed by atoms with Crippen molar-refractivity contribution in [2.75, 3.05) is 5.32 Å². The fourth-order valence-electron chi connectivity index (χ4n) is 2.82. The second-order valence-corrected chi connectivity index (χ2v) is 5.97. The van der Waals surface area contributed by atoms with Gasteiger partial charge in [0, 0.05) is 17.6 Å². The predicted molar refractivity (Wildman–Crippen MR) is 79.2 cm³/mol. The quantitative estimate of drug-likeness (QED) is 0.876. The van der Waals surface area contributed by atoms with Crippen LogP contribution in [0.4, 0.5) is 5.69 Å². The molecule has 0 bridgehead atoms. The molecule has 2 rings (SSSR count). The summed E-state index contributed by atoms with van der Waals surface area (Å²) in [6.07, 6.45) is 5.90. The largest absolute Gasteiger partial charge is 0.326 e. The maximum absolute atomic E-state index is 12.2. The highest BCUT2D eigenvalue weighted by molar-refractivity contribution is 5.92. The summed E-state index contributed by atoms with van der Waals surface area (Å²) in [6, 6.07) is 6.09. The Morgan fingerprint density at radius 3 is 2.63 bits per heavy atom. The van der Waals surface area contributed by atoms with Gasteiger partial charge in [0.1, 0.15) is 0 Å². The molecule has 1 amide bonds. The average Bonchev–Trinajstić information content (AvgIpc) is 2.34. The zero-order valence-corrected chi connectivity index (χ0v) is 12.0. The second-order valence-electron chi connectivity index (χ2n) is 5.97. The van der Waals surface area contributed by atoms with Gasteiger partial charge in [-0.15, -0.1) is 0 Å². The Kier molecular flexibility index (Phi) is 4.25. The SMILES string of the molecule is Cc1ccc(C)c(NC(=O)CC2(N)CCCCC2)c1. The maximum Gasteiger partial charge on any atom is 0.226 e. The summed E-state index contributed by atoms with van der Waals surface area (Å²) in [4.78, 5) is 12.2. The van der Waals surface area contributed by atoms with E-state index in [0.717, 1.165) is 42.5 Å². The molecule has 1 aliphatic rings. The monoisotopic (exact) mass is 260 g/mol. The number of anilines is 1. The molecular formula is C16H24N2O. The third-order valence-corrected chi connectivity index (χ3v) is 4.03. The molecule has 3 nitrogen and oxygen atoms in total. The average molecular weight is 260 g/mol. The van der Waals surface area contributed by atoms with Gasteiger partial charge in [0.15, 0.2) is 0 Å². The molecule has 0 atom stereocenters. The van der Waals surface area contributed by atoms with E-state index < -0.39 is 0 Å². The van der Waals surface area contributed by atoms with E-state index >= 15 is 0 Å². The van der Waals surface area contributed by atoms with Gasteiger partial charge in [0.05, 0.1) is 0 Å². The van der Waals surface area contributed by atoms with E-state index in [1.54, 1.807) is 0 Å². The number of rotatable bonds is 3. The highest BCUT2D eigenvalue weighted by Crippen LogP contribution is 2.29. The Labute approximate surface area is 115 Å². The van der Waals surface area contributed by atoms with E-state index in [2.05, 4.69) is 11.4 Å². The van der Waals surface area contributed by atoms with E-state index in [0.29, 0.717) is 6.42 Å². The van der Waals surface area contributed by atoms with Crippen molar-refractivity contribution in [2.45, 2.75) is 57.9 Å². The molecule has 1 saturated carbocycles. The molecule has 1 aliphatic carbocycles. The van der Waals surface area contributed by atoms with Crippen LogP contribution in [-0.4, -0.2) is 11.4 Å². The van der Waals surface area contributed by atoms with Crippen LogP contribution in [0.5, 0.6) is 0 Å². The van der Waals surface area contributed by atoms with Gasteiger partial charge in [-0.3, -0.25) is 4.79 Å². The molecule has 3 N–H and O–H groups in total. The van der Waals surface area contributed by atoms with Gasteiger partial charge in [-0.05, 0) is 43.9 Å². The minimum absolute atomic E-state index is 0.0399. The van der Waals surface area contributed by atoms with Crippen LogP contribution in [-0.2, 0) is 4.79 Å². The summed E-state index contributed by atoms with van der Waals surface area (Å²) in [7, 11) is 0. The minimum atomic E-state index is -0.292. The number of nitrogens with one attached hydrogen (secondary N) is 1. The van der Waals surface area contributed by atoms with Crippen LogP contribution < -0.4 is 11.1 Å². The lowest BCUT2D eigenvalue weighted by atomic mass is 9.80. The lowest BCUT2D eigenvalue weighted by molar-refractivity contribution is -0.117. The fourth-order valence-corrected chi connectivity index (χ4v) is 2.82. The summed E-state index contributed by atoms with van der Waals surface area (Å²) in [5.74, 6) is 0.0399. The lowest BCUT2D eigenvalue weighted by Crippen LogP contribution is -2.44. The summed E-state index contributed by atoms with van der Waals surface area (Å²) >= 11 is 0. The van der Waals surface area contributed by atoms with E-state index in [1.165, 1.54) is 6.42 Å². The summed E-state index contributed by atoms with van der Waals surface area (Å²) in [6.45, 7) is 4.04. The number of nitrogens with two attached hydrogens (primary N) is 1. The van der Waals surface area contributed by atoms with Crippen LogP contribution >= 0.6 is 0 Å². The van der Waals surface area contributed by atoms with Crippen molar-refractivity contribution in [3.05, 3.63) is 29.3 Å². The third-order valence-electron chi connectivity index (χ3n) is 4.03. The zero-order chi connectivity index (χ0) is 13.9. The molecule has 3 heteroatoms. The van der Waals surface area contributed by atoms with E-state index in [-0.39, 0.29) is 11.4 Å². The van der Waals surface area contributed by atoms with Crippen LogP contribution in [0, 0.1) is 13.8 Å². The van der Waals surface area contributed by atoms with Crippen molar-refractivity contribution in [1.29, 1.82) is 0 Å². The molecule has 0 spiro atoms. The molecule has 1 aromatic rings. The fraction of sp³-hybridized carbons (Fsp3) is 0.562. The second kappa shape index (κ2) is 5.74. The van der Waals surface area contributed by atoms with Crippen LogP contribution in [0.3, 0.4) is 0 Å². The number of carbonyl (C=O) groups excluding carboxylic acids is 1. The zero-order valence-electron chi connectivity index (χ0n) is 12.0. The molecule has 0 unspecified atom stereocenters. The topological polar surface area (TPSA) is 55.1 Å². The molecule has 104 valence electrons.